The number of nitrogens with two attached hydrogens (primary N) is 1. The van der Waals surface area contributed by atoms with E-state index < -0.39 is 0 Å². The summed E-state index contributed by atoms with van der Waals surface area (Å²) in [5.74, 6) is -0.417. The molecule has 1 rings (SSSR count). The second-order valence-electron chi connectivity index (χ2n) is 3.49. The first kappa shape index (κ1) is 13.5. The molecule has 0 aliphatic heterocycles. The largest absolute Gasteiger partial charge is 0.379 e. The highest BCUT2D eigenvalue weighted by atomic mass is 32.2. The van der Waals surface area contributed by atoms with Crippen LogP contribution in [0.25, 0.3) is 0 Å². The zero-order chi connectivity index (χ0) is 12.8. The van der Waals surface area contributed by atoms with Gasteiger partial charge in [-0.15, -0.1) is 0 Å². The van der Waals surface area contributed by atoms with Gasteiger partial charge in [0.15, 0.2) is 5.17 Å². The van der Waals surface area contributed by atoms with E-state index >= 15 is 0 Å². The Bertz CT molecular complexity index is 425. The molecule has 92 valence electrons. The molecule has 3 N–H and O–H groups in total. The van der Waals surface area contributed by atoms with E-state index in [9.17, 15) is 9.18 Å². The van der Waals surface area contributed by atoms with Crippen LogP contribution in [0.5, 0.6) is 0 Å². The summed E-state index contributed by atoms with van der Waals surface area (Å²) in [6.07, 6.45) is 0. The normalized spacial score (nSPS) is 10.0. The molecule has 0 saturated carbocycles. The predicted octanol–water partition coefficient (Wildman–Crippen LogP) is 1.41. The van der Waals surface area contributed by atoms with Gasteiger partial charge in [0.1, 0.15) is 5.82 Å². The fourth-order valence-electron chi connectivity index (χ4n) is 1.22. The summed E-state index contributed by atoms with van der Waals surface area (Å²) in [6, 6.07) is 6.32. The van der Waals surface area contributed by atoms with Crippen molar-refractivity contribution < 1.29 is 9.18 Å². The van der Waals surface area contributed by atoms with Gasteiger partial charge in [-0.2, -0.15) is 0 Å². The van der Waals surface area contributed by atoms with E-state index in [1.165, 1.54) is 11.0 Å². The Morgan fingerprint density at radius 1 is 1.53 bits per heavy atom. The van der Waals surface area contributed by atoms with E-state index in [-0.39, 0.29) is 29.2 Å². The van der Waals surface area contributed by atoms with Crippen molar-refractivity contribution in [1.29, 1.82) is 5.41 Å². The third kappa shape index (κ3) is 4.44. The van der Waals surface area contributed by atoms with Crippen LogP contribution in [0.3, 0.4) is 0 Å². The minimum absolute atomic E-state index is 0.0975. The van der Waals surface area contributed by atoms with E-state index in [1.54, 1.807) is 25.2 Å². The molecule has 0 radical (unpaired) electrons. The fourth-order valence-corrected chi connectivity index (χ4v) is 1.72. The van der Waals surface area contributed by atoms with Crippen molar-refractivity contribution in [2.45, 2.75) is 6.54 Å². The molecule has 0 heterocycles. The molecule has 0 fully saturated rings. The summed E-state index contributed by atoms with van der Waals surface area (Å²) in [6.45, 7) is 0.212. The minimum atomic E-state index is -0.327. The van der Waals surface area contributed by atoms with Crippen LogP contribution in [0.2, 0.25) is 0 Å². The van der Waals surface area contributed by atoms with Gasteiger partial charge in [0.05, 0.1) is 5.75 Å². The number of hydrogen-bond donors (Lipinski definition) is 2. The number of benzene rings is 1. The number of carbonyl (C=O) groups is 1. The highest BCUT2D eigenvalue weighted by Gasteiger charge is 2.11. The summed E-state index contributed by atoms with van der Waals surface area (Å²) in [5.41, 5.74) is 5.60. The molecule has 1 amide bonds. The molecule has 1 aromatic carbocycles. The Morgan fingerprint density at radius 3 is 2.76 bits per heavy atom. The summed E-state index contributed by atoms with van der Waals surface area (Å²) in [5, 5.41) is 6.89. The van der Waals surface area contributed by atoms with Crippen LogP contribution >= 0.6 is 11.8 Å². The summed E-state index contributed by atoms with van der Waals surface area (Å²) >= 11 is 0.959. The number of amidine groups is 1. The lowest BCUT2D eigenvalue weighted by atomic mass is 10.2. The third-order valence-electron chi connectivity index (χ3n) is 2.14. The number of amides is 1. The molecular formula is C11H14FN3OS. The van der Waals surface area contributed by atoms with Crippen LogP contribution in [0.4, 0.5) is 4.39 Å². The fraction of sp³-hybridized carbons (Fsp3) is 0.273. The molecule has 6 heteroatoms. The first-order valence-corrected chi connectivity index (χ1v) is 5.93. The lowest BCUT2D eigenvalue weighted by Gasteiger charge is -2.17. The molecule has 4 nitrogen and oxygen atoms in total. The SMILES string of the molecule is CN(Cc1ccccc1F)C(=O)CSC(=N)N. The summed E-state index contributed by atoms with van der Waals surface area (Å²) in [7, 11) is 1.59. The van der Waals surface area contributed by atoms with Gasteiger partial charge < -0.3 is 10.6 Å². The van der Waals surface area contributed by atoms with E-state index in [0.29, 0.717) is 5.56 Å². The molecule has 0 unspecified atom stereocenters. The third-order valence-corrected chi connectivity index (χ3v) is 2.84. The van der Waals surface area contributed by atoms with Gasteiger partial charge in [0, 0.05) is 19.2 Å². The highest BCUT2D eigenvalue weighted by molar-refractivity contribution is 8.14. The average molecular weight is 255 g/mol. The molecule has 0 aromatic heterocycles. The van der Waals surface area contributed by atoms with Crippen LogP contribution in [0.1, 0.15) is 5.56 Å². The van der Waals surface area contributed by atoms with Gasteiger partial charge in [-0.25, -0.2) is 4.39 Å². The topological polar surface area (TPSA) is 70.2 Å². The second-order valence-corrected chi connectivity index (χ2v) is 4.51. The van der Waals surface area contributed by atoms with Crippen molar-refractivity contribution in [1.82, 2.24) is 4.90 Å². The molecule has 0 spiro atoms. The second kappa shape index (κ2) is 6.24. The Morgan fingerprint density at radius 2 is 2.18 bits per heavy atom. The lowest BCUT2D eigenvalue weighted by Crippen LogP contribution is -2.29. The predicted molar refractivity (Wildman–Crippen MR) is 67.2 cm³/mol. The molecule has 1 aromatic rings. The quantitative estimate of drug-likeness (QED) is 0.631. The maximum absolute atomic E-state index is 13.3. The van der Waals surface area contributed by atoms with Crippen LogP contribution < -0.4 is 5.73 Å². The molecule has 0 aliphatic rings. The maximum atomic E-state index is 13.3. The number of hydrogen-bond acceptors (Lipinski definition) is 3. The molecule has 0 atom stereocenters. The lowest BCUT2D eigenvalue weighted by molar-refractivity contribution is -0.127. The summed E-state index contributed by atoms with van der Waals surface area (Å²) < 4.78 is 13.3. The van der Waals surface area contributed by atoms with Gasteiger partial charge in [-0.3, -0.25) is 10.2 Å². The highest BCUT2D eigenvalue weighted by Crippen LogP contribution is 2.10. The molecule has 17 heavy (non-hydrogen) atoms. The van der Waals surface area contributed by atoms with Gasteiger partial charge in [0.2, 0.25) is 5.91 Å². The Labute approximate surface area is 103 Å². The van der Waals surface area contributed by atoms with Gasteiger partial charge in [-0.05, 0) is 6.07 Å². The average Bonchev–Trinajstić information content (AvgIpc) is 2.28. The van der Waals surface area contributed by atoms with Crippen LogP contribution in [-0.4, -0.2) is 28.8 Å². The smallest absolute Gasteiger partial charge is 0.233 e. The van der Waals surface area contributed by atoms with Crippen molar-refractivity contribution in [3.8, 4) is 0 Å². The van der Waals surface area contributed by atoms with Gasteiger partial charge in [0.25, 0.3) is 0 Å². The first-order valence-electron chi connectivity index (χ1n) is 4.95. The Kier molecular flexibility index (Phi) is 4.96. The molecular weight excluding hydrogens is 241 g/mol. The number of halogens is 1. The number of thioether (sulfide) groups is 1. The van der Waals surface area contributed by atoms with Gasteiger partial charge >= 0.3 is 0 Å². The Hall–Kier alpha value is -1.56. The molecule has 0 aliphatic carbocycles. The maximum Gasteiger partial charge on any atom is 0.233 e. The van der Waals surface area contributed by atoms with Crippen molar-refractivity contribution in [2.75, 3.05) is 12.8 Å². The zero-order valence-electron chi connectivity index (χ0n) is 9.44. The van der Waals surface area contributed by atoms with Crippen molar-refractivity contribution >= 4 is 22.8 Å². The van der Waals surface area contributed by atoms with E-state index in [2.05, 4.69) is 0 Å². The van der Waals surface area contributed by atoms with Crippen LogP contribution in [0.15, 0.2) is 24.3 Å². The Balaban J connectivity index is 2.54. The van der Waals surface area contributed by atoms with Crippen molar-refractivity contribution in [3.63, 3.8) is 0 Å². The van der Waals surface area contributed by atoms with Gasteiger partial charge in [-0.1, -0.05) is 30.0 Å². The number of carbonyl (C=O) groups excluding carboxylic acids is 1. The minimum Gasteiger partial charge on any atom is -0.379 e. The molecule has 0 bridgehead atoms. The van der Waals surface area contributed by atoms with Crippen LogP contribution in [0, 0.1) is 11.2 Å². The number of rotatable bonds is 4. The van der Waals surface area contributed by atoms with Crippen molar-refractivity contribution in [3.05, 3.63) is 35.6 Å². The summed E-state index contributed by atoms with van der Waals surface area (Å²) in [4.78, 5) is 13.0. The van der Waals surface area contributed by atoms with Crippen LogP contribution in [-0.2, 0) is 11.3 Å². The standard InChI is InChI=1S/C11H14FN3OS/c1-15(10(16)7-17-11(13)14)6-8-4-2-3-5-9(8)12/h2-5H,6-7H2,1H3,(H3,13,14). The number of nitrogens with one attached hydrogen (secondary N) is 1. The zero-order valence-corrected chi connectivity index (χ0v) is 10.3. The monoisotopic (exact) mass is 255 g/mol. The van der Waals surface area contributed by atoms with E-state index in [1.807, 2.05) is 0 Å². The molecule has 0 saturated heterocycles. The number of nitrogens with zero attached hydrogens (tertiary/aromatic N) is 1. The van der Waals surface area contributed by atoms with E-state index in [4.69, 9.17) is 11.1 Å². The van der Waals surface area contributed by atoms with E-state index in [0.717, 1.165) is 11.8 Å². The van der Waals surface area contributed by atoms with Crippen molar-refractivity contribution in [2.24, 2.45) is 5.73 Å². The first-order chi connectivity index (χ1) is 8.00.